The number of imidazole rings is 1. The molecule has 6 heteroatoms. The van der Waals surface area contributed by atoms with Gasteiger partial charge < -0.3 is 4.90 Å². The number of rotatable bonds is 6. The summed E-state index contributed by atoms with van der Waals surface area (Å²) in [5.41, 5.74) is 6.67. The van der Waals surface area contributed by atoms with E-state index >= 15 is 0 Å². The summed E-state index contributed by atoms with van der Waals surface area (Å²) in [5.74, 6) is 1.64. The second-order valence-electron chi connectivity index (χ2n) is 8.53. The Balaban J connectivity index is 1.85. The van der Waals surface area contributed by atoms with Crippen molar-refractivity contribution in [1.29, 1.82) is 5.26 Å². The van der Waals surface area contributed by atoms with Crippen LogP contribution >= 0.6 is 11.6 Å². The number of pyridine rings is 2. The van der Waals surface area contributed by atoms with Crippen LogP contribution in [0.3, 0.4) is 0 Å². The van der Waals surface area contributed by atoms with E-state index in [9.17, 15) is 5.26 Å². The number of benzene rings is 1. The van der Waals surface area contributed by atoms with E-state index in [1.807, 2.05) is 37.5 Å². The molecule has 0 bridgehead atoms. The minimum atomic E-state index is 0.439. The molecule has 0 unspecified atom stereocenters. The van der Waals surface area contributed by atoms with Gasteiger partial charge in [-0.2, -0.15) is 5.26 Å². The van der Waals surface area contributed by atoms with Crippen molar-refractivity contribution in [3.63, 3.8) is 0 Å². The van der Waals surface area contributed by atoms with Gasteiger partial charge in [0.05, 0.1) is 16.6 Å². The summed E-state index contributed by atoms with van der Waals surface area (Å²) in [6.07, 6.45) is 9.23. The molecule has 1 aromatic carbocycles. The van der Waals surface area contributed by atoms with Crippen molar-refractivity contribution in [2.45, 2.75) is 51.6 Å². The van der Waals surface area contributed by atoms with Gasteiger partial charge in [-0.1, -0.05) is 25.0 Å². The molecule has 5 rings (SSSR count). The SMILES string of the molecule is Cc1c(CCCl)c(N(Cc2ccncc2)C2CCCC2)n2c(nc3ccccc32)c1C#N. The average Bonchev–Trinajstić information content (AvgIpc) is 3.48. The number of halogens is 1. The average molecular weight is 444 g/mol. The summed E-state index contributed by atoms with van der Waals surface area (Å²) < 4.78 is 2.21. The number of aromatic nitrogens is 3. The second kappa shape index (κ2) is 8.80. The number of hydrogen-bond donors (Lipinski definition) is 0. The molecular weight excluding hydrogens is 418 g/mol. The molecule has 162 valence electrons. The Kier molecular flexibility index (Phi) is 5.71. The summed E-state index contributed by atoms with van der Waals surface area (Å²) in [4.78, 5) is 11.6. The van der Waals surface area contributed by atoms with Gasteiger partial charge in [-0.05, 0) is 67.1 Å². The van der Waals surface area contributed by atoms with Crippen LogP contribution in [0.25, 0.3) is 16.7 Å². The third-order valence-corrected chi connectivity index (χ3v) is 6.88. The molecule has 0 radical (unpaired) electrons. The number of para-hydroxylation sites is 2. The Morgan fingerprint density at radius 1 is 1.16 bits per heavy atom. The fourth-order valence-electron chi connectivity index (χ4n) is 5.14. The number of alkyl halides is 1. The van der Waals surface area contributed by atoms with Gasteiger partial charge in [-0.15, -0.1) is 11.6 Å². The lowest BCUT2D eigenvalue weighted by Crippen LogP contribution is -2.35. The fourth-order valence-corrected chi connectivity index (χ4v) is 5.33. The molecule has 5 nitrogen and oxygen atoms in total. The molecular formula is C26H26ClN5. The smallest absolute Gasteiger partial charge is 0.157 e. The molecule has 0 amide bonds. The van der Waals surface area contributed by atoms with Crippen molar-refractivity contribution in [2.24, 2.45) is 0 Å². The Hall–Kier alpha value is -3.10. The van der Waals surface area contributed by atoms with Crippen molar-refractivity contribution in [2.75, 3.05) is 10.8 Å². The zero-order valence-corrected chi connectivity index (χ0v) is 19.0. The Morgan fingerprint density at radius 2 is 1.91 bits per heavy atom. The molecule has 1 aliphatic carbocycles. The van der Waals surface area contributed by atoms with Crippen LogP contribution in [0.15, 0.2) is 48.8 Å². The van der Waals surface area contributed by atoms with Crippen molar-refractivity contribution in [3.05, 3.63) is 71.0 Å². The van der Waals surface area contributed by atoms with Crippen LogP contribution in [-0.2, 0) is 13.0 Å². The molecule has 1 fully saturated rings. The van der Waals surface area contributed by atoms with Gasteiger partial charge >= 0.3 is 0 Å². The highest BCUT2D eigenvalue weighted by Crippen LogP contribution is 2.38. The summed E-state index contributed by atoms with van der Waals surface area (Å²) >= 11 is 6.31. The van der Waals surface area contributed by atoms with E-state index in [1.54, 1.807) is 0 Å². The van der Waals surface area contributed by atoms with Crippen LogP contribution in [-0.4, -0.2) is 26.3 Å². The van der Waals surface area contributed by atoms with Gasteiger partial charge in [0.15, 0.2) is 5.65 Å². The van der Waals surface area contributed by atoms with Crippen molar-refractivity contribution in [1.82, 2.24) is 14.4 Å². The zero-order chi connectivity index (χ0) is 22.1. The van der Waals surface area contributed by atoms with Gasteiger partial charge in [0.2, 0.25) is 0 Å². The number of nitrogens with zero attached hydrogens (tertiary/aromatic N) is 5. The quantitative estimate of drug-likeness (QED) is 0.354. The predicted molar refractivity (Wildman–Crippen MR) is 129 cm³/mol. The maximum absolute atomic E-state index is 10.1. The first-order chi connectivity index (χ1) is 15.7. The maximum atomic E-state index is 10.1. The molecule has 4 aromatic rings. The monoisotopic (exact) mass is 443 g/mol. The topological polar surface area (TPSA) is 57.2 Å². The summed E-state index contributed by atoms with van der Waals surface area (Å²) in [5, 5.41) is 10.1. The van der Waals surface area contributed by atoms with E-state index in [2.05, 4.69) is 38.6 Å². The molecule has 0 spiro atoms. The summed E-state index contributed by atoms with van der Waals surface area (Å²) in [6.45, 7) is 2.83. The van der Waals surface area contributed by atoms with E-state index in [0.717, 1.165) is 40.2 Å². The zero-order valence-electron chi connectivity index (χ0n) is 18.3. The highest BCUT2D eigenvalue weighted by atomic mass is 35.5. The highest BCUT2D eigenvalue weighted by Gasteiger charge is 2.30. The molecule has 0 N–H and O–H groups in total. The van der Waals surface area contributed by atoms with Gasteiger partial charge in [0.1, 0.15) is 11.9 Å². The molecule has 1 saturated carbocycles. The predicted octanol–water partition coefficient (Wildman–Crippen LogP) is 5.79. The number of nitriles is 1. The van der Waals surface area contributed by atoms with Gasteiger partial charge in [-0.25, -0.2) is 4.98 Å². The second-order valence-corrected chi connectivity index (χ2v) is 8.91. The number of anilines is 1. The fraction of sp³-hybridized carbons (Fsp3) is 0.346. The van der Waals surface area contributed by atoms with E-state index in [1.165, 1.54) is 31.2 Å². The first kappa shape index (κ1) is 20.8. The number of fused-ring (bicyclic) bond motifs is 3. The Labute approximate surface area is 193 Å². The highest BCUT2D eigenvalue weighted by molar-refractivity contribution is 6.18. The van der Waals surface area contributed by atoms with Gasteiger partial charge in [-0.3, -0.25) is 9.38 Å². The molecule has 0 saturated heterocycles. The summed E-state index contributed by atoms with van der Waals surface area (Å²) in [7, 11) is 0. The van der Waals surface area contributed by atoms with Crippen LogP contribution in [0.1, 0.15) is 47.9 Å². The van der Waals surface area contributed by atoms with Gasteiger partial charge in [0, 0.05) is 30.9 Å². The lowest BCUT2D eigenvalue weighted by Gasteiger charge is -2.34. The summed E-state index contributed by atoms with van der Waals surface area (Å²) in [6, 6.07) is 15.2. The first-order valence-electron chi connectivity index (χ1n) is 11.3. The molecule has 3 heterocycles. The van der Waals surface area contributed by atoms with E-state index in [-0.39, 0.29) is 0 Å². The minimum absolute atomic E-state index is 0.439. The normalized spacial score (nSPS) is 14.3. The number of hydrogen-bond acceptors (Lipinski definition) is 4. The molecule has 32 heavy (non-hydrogen) atoms. The maximum Gasteiger partial charge on any atom is 0.157 e. The molecule has 3 aromatic heterocycles. The standard InChI is InChI=1S/C26H26ClN5/c1-18-21(10-13-27)26(31(20-6-2-3-7-20)17-19-11-14-29-15-12-19)32-24-9-5-4-8-23(24)30-25(32)22(18)16-28/h4-5,8-9,11-12,14-15,20H,2-3,6-7,10,13,17H2,1H3. The van der Waals surface area contributed by atoms with Crippen LogP contribution in [0.2, 0.25) is 0 Å². The lowest BCUT2D eigenvalue weighted by atomic mass is 10.0. The first-order valence-corrected chi connectivity index (χ1v) is 11.8. The molecule has 0 atom stereocenters. The molecule has 1 aliphatic rings. The van der Waals surface area contributed by atoms with Crippen molar-refractivity contribution >= 4 is 34.1 Å². The lowest BCUT2D eigenvalue weighted by molar-refractivity contribution is 0.592. The van der Waals surface area contributed by atoms with Crippen LogP contribution in [0.5, 0.6) is 0 Å². The van der Waals surface area contributed by atoms with Crippen LogP contribution in [0.4, 0.5) is 5.82 Å². The minimum Gasteiger partial charge on any atom is -0.350 e. The van der Waals surface area contributed by atoms with Crippen molar-refractivity contribution in [3.8, 4) is 6.07 Å². The van der Waals surface area contributed by atoms with E-state index in [0.29, 0.717) is 23.9 Å². The van der Waals surface area contributed by atoms with Crippen LogP contribution in [0, 0.1) is 18.3 Å². The largest absolute Gasteiger partial charge is 0.350 e. The Morgan fingerprint density at radius 3 is 2.62 bits per heavy atom. The third kappa shape index (κ3) is 3.49. The van der Waals surface area contributed by atoms with Crippen LogP contribution < -0.4 is 4.90 Å². The third-order valence-electron chi connectivity index (χ3n) is 6.69. The van der Waals surface area contributed by atoms with E-state index < -0.39 is 0 Å². The van der Waals surface area contributed by atoms with E-state index in [4.69, 9.17) is 16.6 Å². The molecule has 0 aliphatic heterocycles. The Bertz CT molecular complexity index is 1300. The van der Waals surface area contributed by atoms with Crippen molar-refractivity contribution < 1.29 is 0 Å². The van der Waals surface area contributed by atoms with Gasteiger partial charge in [0.25, 0.3) is 0 Å².